The van der Waals surface area contributed by atoms with Crippen LogP contribution in [0.5, 0.6) is 0 Å². The molecule has 0 bridgehead atoms. The minimum atomic E-state index is -1.79. The van der Waals surface area contributed by atoms with E-state index < -0.39 is 28.2 Å². The second-order valence-electron chi connectivity index (χ2n) is 5.86. The zero-order chi connectivity index (χ0) is 12.7. The summed E-state index contributed by atoms with van der Waals surface area (Å²) in [5.41, 5.74) is -3.51. The summed E-state index contributed by atoms with van der Waals surface area (Å²) in [6.45, 7) is 9.84. The molecule has 0 atom stereocenters. The third kappa shape index (κ3) is 2.44. The molecule has 0 aliphatic heterocycles. The maximum absolute atomic E-state index is 11.4. The number of carboxylic acids is 2. The molecule has 0 aromatic heterocycles. The van der Waals surface area contributed by atoms with Gasteiger partial charge in [-0.25, -0.2) is 0 Å². The van der Waals surface area contributed by atoms with Crippen LogP contribution in [-0.2, 0) is 9.59 Å². The van der Waals surface area contributed by atoms with Crippen LogP contribution in [0.1, 0.15) is 41.5 Å². The molecule has 90 valence electrons. The van der Waals surface area contributed by atoms with Gasteiger partial charge in [0.15, 0.2) is 5.41 Å². The summed E-state index contributed by atoms with van der Waals surface area (Å²) in [5.74, 6) is -2.56. The van der Waals surface area contributed by atoms with Gasteiger partial charge in [-0.3, -0.25) is 9.59 Å². The molecular formula is C11H21LiO4. The van der Waals surface area contributed by atoms with Gasteiger partial charge in [0.1, 0.15) is 0 Å². The summed E-state index contributed by atoms with van der Waals surface area (Å²) in [6.07, 6.45) is 0. The van der Waals surface area contributed by atoms with E-state index in [4.69, 9.17) is 0 Å². The quantitative estimate of drug-likeness (QED) is 0.551. The van der Waals surface area contributed by atoms with Crippen molar-refractivity contribution < 1.29 is 19.8 Å². The summed E-state index contributed by atoms with van der Waals surface area (Å²) in [5, 5.41) is 18.6. The van der Waals surface area contributed by atoms with Crippen molar-refractivity contribution in [2.24, 2.45) is 16.2 Å². The molecule has 0 rings (SSSR count). The topological polar surface area (TPSA) is 74.6 Å². The van der Waals surface area contributed by atoms with E-state index in [-0.39, 0.29) is 18.9 Å². The zero-order valence-electron chi connectivity index (χ0n) is 10.2. The molecule has 4 nitrogen and oxygen atoms in total. The van der Waals surface area contributed by atoms with E-state index >= 15 is 0 Å². The molecule has 0 radical (unpaired) electrons. The van der Waals surface area contributed by atoms with Gasteiger partial charge < -0.3 is 10.2 Å². The molecular weight excluding hydrogens is 203 g/mol. The summed E-state index contributed by atoms with van der Waals surface area (Å²) < 4.78 is 0. The van der Waals surface area contributed by atoms with Gasteiger partial charge in [0, 0.05) is 0 Å². The molecule has 0 aromatic rings. The Bertz CT molecular complexity index is 253. The van der Waals surface area contributed by atoms with Crippen molar-refractivity contribution >= 4 is 30.8 Å². The first-order valence-corrected chi connectivity index (χ1v) is 4.86. The number of hydrogen-bond donors (Lipinski definition) is 2. The van der Waals surface area contributed by atoms with Crippen molar-refractivity contribution in [3.8, 4) is 0 Å². The molecule has 0 amide bonds. The monoisotopic (exact) mass is 224 g/mol. The molecule has 0 aliphatic rings. The molecule has 0 saturated heterocycles. The number of carboxylic acid groups (broad SMARTS) is 2. The second-order valence-corrected chi connectivity index (χ2v) is 5.86. The van der Waals surface area contributed by atoms with Crippen LogP contribution in [-0.4, -0.2) is 41.0 Å². The van der Waals surface area contributed by atoms with E-state index in [1.807, 2.05) is 0 Å². The molecule has 0 spiro atoms. The van der Waals surface area contributed by atoms with Crippen LogP contribution in [0.2, 0.25) is 0 Å². The molecule has 2 N–H and O–H groups in total. The van der Waals surface area contributed by atoms with E-state index in [1.54, 1.807) is 41.5 Å². The molecule has 0 fully saturated rings. The summed E-state index contributed by atoms with van der Waals surface area (Å²) in [4.78, 5) is 22.8. The predicted octanol–water partition coefficient (Wildman–Crippen LogP) is 1.59. The minimum absolute atomic E-state index is 0. The normalized spacial score (nSPS) is 12.9. The molecule has 16 heavy (non-hydrogen) atoms. The van der Waals surface area contributed by atoms with Gasteiger partial charge in [-0.15, -0.1) is 0 Å². The van der Waals surface area contributed by atoms with Gasteiger partial charge in [-0.1, -0.05) is 41.5 Å². The van der Waals surface area contributed by atoms with Crippen molar-refractivity contribution in [1.29, 1.82) is 0 Å². The first kappa shape index (κ1) is 17.9. The van der Waals surface area contributed by atoms with E-state index in [0.717, 1.165) is 0 Å². The van der Waals surface area contributed by atoms with Crippen LogP contribution < -0.4 is 0 Å². The van der Waals surface area contributed by atoms with Gasteiger partial charge >= 0.3 is 30.8 Å². The standard InChI is InChI=1S/C11H20O4.Li.H/c1-9(2,3)11(7(12)13,8(14)15)10(4,5)6;;/h1-6H3,(H,12,13)(H,14,15);;. The van der Waals surface area contributed by atoms with Crippen molar-refractivity contribution in [2.75, 3.05) is 0 Å². The number of carbonyl (C=O) groups is 2. The number of hydrogen-bond acceptors (Lipinski definition) is 2. The van der Waals surface area contributed by atoms with Crippen LogP contribution >= 0.6 is 0 Å². The Balaban J connectivity index is 0. The Kier molecular flexibility index (Phi) is 5.39. The maximum atomic E-state index is 11.4. The molecule has 0 saturated carbocycles. The molecule has 0 aromatic carbocycles. The van der Waals surface area contributed by atoms with Gasteiger partial charge in [0.25, 0.3) is 0 Å². The molecule has 0 heterocycles. The summed E-state index contributed by atoms with van der Waals surface area (Å²) in [7, 11) is 0. The predicted molar refractivity (Wildman–Crippen MR) is 63.8 cm³/mol. The Morgan fingerprint density at radius 2 is 0.938 bits per heavy atom. The van der Waals surface area contributed by atoms with E-state index in [1.165, 1.54) is 0 Å². The van der Waals surface area contributed by atoms with Gasteiger partial charge in [-0.2, -0.15) is 0 Å². The van der Waals surface area contributed by atoms with Crippen LogP contribution in [0.4, 0.5) is 0 Å². The van der Waals surface area contributed by atoms with Crippen LogP contribution in [0.25, 0.3) is 0 Å². The van der Waals surface area contributed by atoms with Gasteiger partial charge in [0.2, 0.25) is 0 Å². The Hall–Kier alpha value is -0.463. The van der Waals surface area contributed by atoms with E-state index in [0.29, 0.717) is 0 Å². The van der Waals surface area contributed by atoms with Crippen LogP contribution in [0, 0.1) is 16.2 Å². The summed E-state index contributed by atoms with van der Waals surface area (Å²) >= 11 is 0. The first-order chi connectivity index (χ1) is 6.39. The van der Waals surface area contributed by atoms with Crippen molar-refractivity contribution in [3.63, 3.8) is 0 Å². The average molecular weight is 224 g/mol. The zero-order valence-corrected chi connectivity index (χ0v) is 10.2. The fourth-order valence-corrected chi connectivity index (χ4v) is 2.50. The number of rotatable bonds is 2. The average Bonchev–Trinajstić information content (AvgIpc) is 1.75. The van der Waals surface area contributed by atoms with Gasteiger partial charge in [0.05, 0.1) is 0 Å². The third-order valence-electron chi connectivity index (χ3n) is 2.89. The summed E-state index contributed by atoms with van der Waals surface area (Å²) in [6, 6.07) is 0. The SMILES string of the molecule is CC(C)(C)C(C(=O)O)(C(=O)O)C(C)(C)C.[LiH]. The third-order valence-corrected chi connectivity index (χ3v) is 2.89. The fraction of sp³-hybridized carbons (Fsp3) is 0.818. The number of aliphatic carboxylic acids is 2. The Labute approximate surface area is 109 Å². The molecule has 0 unspecified atom stereocenters. The van der Waals surface area contributed by atoms with E-state index in [2.05, 4.69) is 0 Å². The van der Waals surface area contributed by atoms with Crippen molar-refractivity contribution in [2.45, 2.75) is 41.5 Å². The van der Waals surface area contributed by atoms with Gasteiger partial charge in [-0.05, 0) is 10.8 Å². The second kappa shape index (κ2) is 4.81. The fourth-order valence-electron chi connectivity index (χ4n) is 2.50. The first-order valence-electron chi connectivity index (χ1n) is 4.86. The van der Waals surface area contributed by atoms with Crippen molar-refractivity contribution in [1.82, 2.24) is 0 Å². The Morgan fingerprint density at radius 1 is 0.750 bits per heavy atom. The van der Waals surface area contributed by atoms with Crippen LogP contribution in [0.15, 0.2) is 0 Å². The molecule has 5 heteroatoms. The van der Waals surface area contributed by atoms with Crippen molar-refractivity contribution in [3.05, 3.63) is 0 Å². The van der Waals surface area contributed by atoms with E-state index in [9.17, 15) is 19.8 Å². The molecule has 0 aliphatic carbocycles. The van der Waals surface area contributed by atoms with Crippen LogP contribution in [0.3, 0.4) is 0 Å². The Morgan fingerprint density at radius 3 is 0.938 bits per heavy atom.